The van der Waals surface area contributed by atoms with E-state index in [0.29, 0.717) is 6.42 Å². The third-order valence-electron chi connectivity index (χ3n) is 3.03. The zero-order valence-corrected chi connectivity index (χ0v) is 8.76. The van der Waals surface area contributed by atoms with E-state index in [4.69, 9.17) is 4.74 Å². The van der Waals surface area contributed by atoms with Gasteiger partial charge in [-0.15, -0.1) is 0 Å². The number of aldehydes is 1. The van der Waals surface area contributed by atoms with Crippen LogP contribution in [0.15, 0.2) is 0 Å². The molecule has 2 aliphatic rings. The van der Waals surface area contributed by atoms with Gasteiger partial charge in [-0.3, -0.25) is 0 Å². The van der Waals surface area contributed by atoms with Crippen molar-refractivity contribution >= 4 is 16.1 Å². The maximum absolute atomic E-state index is 11.3. The van der Waals surface area contributed by atoms with Gasteiger partial charge in [0.05, 0.1) is 17.1 Å². The van der Waals surface area contributed by atoms with Gasteiger partial charge in [-0.05, 0) is 25.7 Å². The molecule has 2 rings (SSSR count). The van der Waals surface area contributed by atoms with Gasteiger partial charge in [0.25, 0.3) is 0 Å². The lowest BCUT2D eigenvalue weighted by Crippen LogP contribution is -2.42. The van der Waals surface area contributed by atoms with Crippen molar-refractivity contribution in [3.05, 3.63) is 0 Å². The lowest BCUT2D eigenvalue weighted by atomic mass is 9.91. The fourth-order valence-corrected chi connectivity index (χ4v) is 4.32. The van der Waals surface area contributed by atoms with E-state index in [9.17, 15) is 13.2 Å². The van der Waals surface area contributed by atoms with Gasteiger partial charge in [0.15, 0.2) is 9.84 Å². The van der Waals surface area contributed by atoms with E-state index < -0.39 is 21.5 Å². The Hall–Kier alpha value is -0.420. The smallest absolute Gasteiger partial charge is 0.153 e. The number of rotatable bonds is 1. The van der Waals surface area contributed by atoms with E-state index in [2.05, 4.69) is 0 Å². The van der Waals surface area contributed by atoms with Gasteiger partial charge in [-0.25, -0.2) is 8.42 Å². The van der Waals surface area contributed by atoms with Gasteiger partial charge in [-0.1, -0.05) is 0 Å². The molecular weight excluding hydrogens is 204 g/mol. The van der Waals surface area contributed by atoms with Gasteiger partial charge < -0.3 is 9.53 Å². The molecule has 0 amide bonds. The molecule has 0 saturated carbocycles. The van der Waals surface area contributed by atoms with Crippen LogP contribution in [0, 0.1) is 0 Å². The zero-order valence-electron chi connectivity index (χ0n) is 7.94. The molecule has 1 spiro atoms. The number of ether oxygens (including phenoxy) is 1. The Kier molecular flexibility index (Phi) is 2.39. The van der Waals surface area contributed by atoms with Crippen LogP contribution in [0.2, 0.25) is 0 Å². The Morgan fingerprint density at radius 3 is 2.71 bits per heavy atom. The lowest BCUT2D eigenvalue weighted by molar-refractivity contribution is -0.141. The minimum absolute atomic E-state index is 0.102. The van der Waals surface area contributed by atoms with Crippen molar-refractivity contribution in [3.63, 3.8) is 0 Å². The Balaban J connectivity index is 2.13. The molecule has 0 aromatic carbocycles. The number of sulfone groups is 1. The van der Waals surface area contributed by atoms with Crippen LogP contribution < -0.4 is 0 Å². The molecule has 0 radical (unpaired) electrons. The van der Waals surface area contributed by atoms with Crippen LogP contribution in [0.1, 0.15) is 25.7 Å². The molecule has 0 bridgehead atoms. The van der Waals surface area contributed by atoms with Crippen molar-refractivity contribution in [1.29, 1.82) is 0 Å². The predicted octanol–water partition coefficient (Wildman–Crippen LogP) is 0.312. The zero-order chi connectivity index (χ0) is 10.2. The number of carbonyl (C=O) groups is 1. The van der Waals surface area contributed by atoms with Gasteiger partial charge >= 0.3 is 0 Å². The summed E-state index contributed by atoms with van der Waals surface area (Å²) in [5.74, 6) is 0.308. The highest BCUT2D eigenvalue weighted by Crippen LogP contribution is 2.37. The number of hydrogen-bond donors (Lipinski definition) is 0. The molecule has 2 atom stereocenters. The fourth-order valence-electron chi connectivity index (χ4n) is 2.34. The van der Waals surface area contributed by atoms with Gasteiger partial charge in [0.1, 0.15) is 12.4 Å². The van der Waals surface area contributed by atoms with Crippen LogP contribution in [0.4, 0.5) is 0 Å². The van der Waals surface area contributed by atoms with E-state index in [1.54, 1.807) is 0 Å². The molecule has 2 aliphatic heterocycles. The van der Waals surface area contributed by atoms with Crippen molar-refractivity contribution in [2.24, 2.45) is 0 Å². The van der Waals surface area contributed by atoms with Crippen LogP contribution >= 0.6 is 0 Å². The predicted molar refractivity (Wildman–Crippen MR) is 50.8 cm³/mol. The summed E-state index contributed by atoms with van der Waals surface area (Å²) in [6, 6.07) is 0. The molecule has 2 saturated heterocycles. The highest BCUT2D eigenvalue weighted by atomic mass is 32.2. The van der Waals surface area contributed by atoms with Crippen LogP contribution in [-0.2, 0) is 19.4 Å². The molecule has 5 heteroatoms. The quantitative estimate of drug-likeness (QED) is 0.594. The minimum atomic E-state index is -2.93. The number of hydrogen-bond acceptors (Lipinski definition) is 4. The molecule has 14 heavy (non-hydrogen) atoms. The molecular formula is C9H14O4S. The first-order valence-electron chi connectivity index (χ1n) is 4.89. The average molecular weight is 218 g/mol. The highest BCUT2D eigenvalue weighted by Gasteiger charge is 2.46. The Morgan fingerprint density at radius 2 is 2.14 bits per heavy atom. The average Bonchev–Trinajstić information content (AvgIpc) is 2.42. The molecule has 2 fully saturated rings. The SMILES string of the molecule is O=CC1CCCC2(CCS(=O)(=O)C2)O1. The Morgan fingerprint density at radius 1 is 1.36 bits per heavy atom. The van der Waals surface area contributed by atoms with Crippen molar-refractivity contribution in [3.8, 4) is 0 Å². The second-order valence-corrected chi connectivity index (χ2v) is 6.39. The largest absolute Gasteiger partial charge is 0.363 e. The van der Waals surface area contributed by atoms with Crippen molar-refractivity contribution in [2.75, 3.05) is 11.5 Å². The summed E-state index contributed by atoms with van der Waals surface area (Å²) in [6.45, 7) is 0. The molecule has 0 N–H and O–H groups in total. The van der Waals surface area contributed by atoms with E-state index in [1.807, 2.05) is 0 Å². The standard InChI is InChI=1S/C9H14O4S/c10-6-8-2-1-3-9(13-8)4-5-14(11,12)7-9/h6,8H,1-5,7H2. The Bertz CT molecular complexity index is 335. The van der Waals surface area contributed by atoms with Gasteiger partial charge in [-0.2, -0.15) is 0 Å². The van der Waals surface area contributed by atoms with Crippen LogP contribution in [0.5, 0.6) is 0 Å². The van der Waals surface area contributed by atoms with Gasteiger partial charge in [0, 0.05) is 0 Å². The maximum Gasteiger partial charge on any atom is 0.153 e. The summed E-state index contributed by atoms with van der Waals surface area (Å²) in [7, 11) is -2.93. The molecule has 0 aromatic heterocycles. The monoisotopic (exact) mass is 218 g/mol. The summed E-state index contributed by atoms with van der Waals surface area (Å²) >= 11 is 0. The summed E-state index contributed by atoms with van der Waals surface area (Å²) in [4.78, 5) is 10.6. The van der Waals surface area contributed by atoms with E-state index >= 15 is 0 Å². The normalized spacial score (nSPS) is 41.3. The first kappa shape index (κ1) is 10.1. The van der Waals surface area contributed by atoms with E-state index in [-0.39, 0.29) is 11.5 Å². The molecule has 0 aromatic rings. The molecule has 80 valence electrons. The third kappa shape index (κ3) is 1.83. The van der Waals surface area contributed by atoms with E-state index in [0.717, 1.165) is 25.5 Å². The molecule has 0 aliphatic carbocycles. The first-order valence-corrected chi connectivity index (χ1v) is 6.71. The van der Waals surface area contributed by atoms with Crippen LogP contribution in [-0.4, -0.2) is 37.9 Å². The summed E-state index contributed by atoms with van der Waals surface area (Å²) < 4.78 is 28.2. The highest BCUT2D eigenvalue weighted by molar-refractivity contribution is 7.91. The summed E-state index contributed by atoms with van der Waals surface area (Å²) in [5, 5.41) is 0. The third-order valence-corrected chi connectivity index (χ3v) is 4.82. The lowest BCUT2D eigenvalue weighted by Gasteiger charge is -2.35. The van der Waals surface area contributed by atoms with Crippen molar-refractivity contribution in [2.45, 2.75) is 37.4 Å². The molecule has 2 heterocycles. The summed E-state index contributed by atoms with van der Waals surface area (Å²) in [5.41, 5.74) is -0.539. The Labute approximate surface area is 83.5 Å². The minimum Gasteiger partial charge on any atom is -0.363 e. The topological polar surface area (TPSA) is 60.4 Å². The second-order valence-electron chi connectivity index (χ2n) is 4.21. The first-order chi connectivity index (χ1) is 6.55. The molecule has 2 unspecified atom stereocenters. The maximum atomic E-state index is 11.3. The van der Waals surface area contributed by atoms with Crippen molar-refractivity contribution < 1.29 is 17.9 Å². The summed E-state index contributed by atoms with van der Waals surface area (Å²) in [6.07, 6.45) is 3.34. The fraction of sp³-hybridized carbons (Fsp3) is 0.889. The van der Waals surface area contributed by atoms with Crippen LogP contribution in [0.3, 0.4) is 0 Å². The second kappa shape index (κ2) is 3.31. The van der Waals surface area contributed by atoms with Crippen LogP contribution in [0.25, 0.3) is 0 Å². The van der Waals surface area contributed by atoms with E-state index in [1.165, 1.54) is 0 Å². The number of carbonyl (C=O) groups excluding carboxylic acids is 1. The van der Waals surface area contributed by atoms with Crippen molar-refractivity contribution in [1.82, 2.24) is 0 Å². The van der Waals surface area contributed by atoms with Gasteiger partial charge in [0.2, 0.25) is 0 Å². The molecule has 4 nitrogen and oxygen atoms in total.